The zero-order valence-corrected chi connectivity index (χ0v) is 10.4. The maximum absolute atomic E-state index is 11.5. The summed E-state index contributed by atoms with van der Waals surface area (Å²) in [5.74, 6) is -0.778. The molecule has 0 atom stereocenters. The molecule has 0 saturated carbocycles. The third-order valence-electron chi connectivity index (χ3n) is 2.67. The summed E-state index contributed by atoms with van der Waals surface area (Å²) in [6.45, 7) is 2.83. The number of carbonyl (C=O) groups excluding carboxylic acids is 4. The average molecular weight is 246 g/mol. The van der Waals surface area contributed by atoms with Crippen LogP contribution in [0.5, 0.6) is 0 Å². The van der Waals surface area contributed by atoms with Gasteiger partial charge in [-0.25, -0.2) is 0 Å². The number of aryl methyl sites for hydroxylation is 1. The molecule has 0 unspecified atom stereocenters. The first-order valence-electron chi connectivity index (χ1n) is 5.58. The highest BCUT2D eigenvalue weighted by atomic mass is 16.2. The van der Waals surface area contributed by atoms with Crippen LogP contribution in [0.15, 0.2) is 18.2 Å². The van der Waals surface area contributed by atoms with E-state index in [1.54, 1.807) is 12.1 Å². The summed E-state index contributed by atoms with van der Waals surface area (Å²) in [5.41, 5.74) is 1.58. The molecule has 0 aliphatic heterocycles. The van der Waals surface area contributed by atoms with E-state index in [0.717, 1.165) is 0 Å². The van der Waals surface area contributed by atoms with Crippen molar-refractivity contribution in [1.29, 1.82) is 0 Å². The summed E-state index contributed by atoms with van der Waals surface area (Å²) >= 11 is 0. The van der Waals surface area contributed by atoms with Crippen molar-refractivity contribution in [2.75, 3.05) is 0 Å². The van der Waals surface area contributed by atoms with Gasteiger partial charge in [0.15, 0.2) is 23.6 Å². The van der Waals surface area contributed by atoms with Gasteiger partial charge in [0.05, 0.1) is 0 Å². The van der Waals surface area contributed by atoms with Gasteiger partial charge < -0.3 is 0 Å². The second kappa shape index (κ2) is 6.00. The van der Waals surface area contributed by atoms with Gasteiger partial charge in [-0.05, 0) is 31.9 Å². The number of rotatable bonds is 6. The third-order valence-corrected chi connectivity index (χ3v) is 2.67. The van der Waals surface area contributed by atoms with Gasteiger partial charge in [-0.2, -0.15) is 0 Å². The van der Waals surface area contributed by atoms with E-state index in [2.05, 4.69) is 0 Å². The Labute approximate surface area is 105 Å². The van der Waals surface area contributed by atoms with E-state index >= 15 is 0 Å². The first-order valence-corrected chi connectivity index (χ1v) is 5.58. The van der Waals surface area contributed by atoms with Crippen LogP contribution in [0, 0.1) is 0 Å². The molecule has 0 aliphatic rings. The van der Waals surface area contributed by atoms with Crippen molar-refractivity contribution in [2.45, 2.75) is 26.7 Å². The Morgan fingerprint density at radius 3 is 2.28 bits per heavy atom. The lowest BCUT2D eigenvalue weighted by molar-refractivity contribution is -0.129. The second-order valence-electron chi connectivity index (χ2n) is 4.07. The van der Waals surface area contributed by atoms with Crippen molar-refractivity contribution in [3.63, 3.8) is 0 Å². The molecule has 1 rings (SSSR count). The van der Waals surface area contributed by atoms with E-state index in [4.69, 9.17) is 0 Å². The fraction of sp³-hybridized carbons (Fsp3) is 0.286. The highest BCUT2D eigenvalue weighted by Gasteiger charge is 2.11. The molecule has 94 valence electrons. The number of hydrogen-bond donors (Lipinski definition) is 0. The van der Waals surface area contributed by atoms with Gasteiger partial charge >= 0.3 is 0 Å². The van der Waals surface area contributed by atoms with Crippen LogP contribution in [0.4, 0.5) is 0 Å². The van der Waals surface area contributed by atoms with Crippen LogP contribution in [0.1, 0.15) is 46.5 Å². The lowest BCUT2D eigenvalue weighted by atomic mass is 9.96. The predicted octanol–water partition coefficient (Wildman–Crippen LogP) is 1.79. The van der Waals surface area contributed by atoms with Gasteiger partial charge in [-0.3, -0.25) is 19.2 Å². The van der Waals surface area contributed by atoms with Crippen molar-refractivity contribution in [2.24, 2.45) is 0 Å². The Bertz CT molecular complexity index is 515. The van der Waals surface area contributed by atoms with Crippen LogP contribution in [0.3, 0.4) is 0 Å². The molecule has 0 aromatic heterocycles. The molecule has 4 nitrogen and oxygen atoms in total. The monoisotopic (exact) mass is 246 g/mol. The lowest BCUT2D eigenvalue weighted by Gasteiger charge is -2.07. The van der Waals surface area contributed by atoms with E-state index < -0.39 is 5.78 Å². The van der Waals surface area contributed by atoms with Crippen LogP contribution < -0.4 is 0 Å². The normalized spacial score (nSPS) is 9.89. The van der Waals surface area contributed by atoms with Crippen molar-refractivity contribution in [3.8, 4) is 0 Å². The largest absolute Gasteiger partial charge is 0.295 e. The number of carbonyl (C=O) groups is 4. The predicted molar refractivity (Wildman–Crippen MR) is 65.8 cm³/mol. The Morgan fingerprint density at radius 2 is 1.78 bits per heavy atom. The summed E-state index contributed by atoms with van der Waals surface area (Å²) in [6, 6.07) is 4.81. The van der Waals surface area contributed by atoms with Gasteiger partial charge in [0.1, 0.15) is 0 Å². The average Bonchev–Trinajstić information content (AvgIpc) is 2.35. The minimum atomic E-state index is -0.500. The number of ketones is 3. The number of benzene rings is 1. The summed E-state index contributed by atoms with van der Waals surface area (Å²) in [4.78, 5) is 43.9. The van der Waals surface area contributed by atoms with Gasteiger partial charge in [0.2, 0.25) is 0 Å². The molecule has 0 bridgehead atoms. The van der Waals surface area contributed by atoms with E-state index in [-0.39, 0.29) is 24.3 Å². The molecule has 0 N–H and O–H groups in total. The Hall–Kier alpha value is -2.10. The summed E-state index contributed by atoms with van der Waals surface area (Å²) in [7, 11) is 0. The molecule has 0 fully saturated rings. The van der Waals surface area contributed by atoms with Crippen LogP contribution in [0.25, 0.3) is 0 Å². The quantitative estimate of drug-likeness (QED) is 0.436. The molecule has 1 aromatic carbocycles. The van der Waals surface area contributed by atoms with Gasteiger partial charge in [-0.1, -0.05) is 12.1 Å². The molecular weight excluding hydrogens is 232 g/mol. The van der Waals surface area contributed by atoms with Crippen molar-refractivity contribution >= 4 is 23.6 Å². The highest BCUT2D eigenvalue weighted by Crippen LogP contribution is 2.15. The molecule has 0 aliphatic carbocycles. The minimum absolute atomic E-state index is 0.0726. The number of Topliss-reactive ketones (excluding diaryl/α,β-unsaturated/α-hetero) is 3. The standard InChI is InChI=1S/C14H14O4/c1-9(16)12-4-3-11(5-6-13(18)8-15)14(7-12)10(2)17/h3-4,7-8H,5-6H2,1-2H3. The van der Waals surface area contributed by atoms with E-state index in [1.165, 1.54) is 19.9 Å². The van der Waals surface area contributed by atoms with Gasteiger partial charge in [0, 0.05) is 17.5 Å². The molecule has 4 heteroatoms. The van der Waals surface area contributed by atoms with Crippen LogP contribution >= 0.6 is 0 Å². The zero-order valence-electron chi connectivity index (χ0n) is 10.4. The van der Waals surface area contributed by atoms with Crippen molar-refractivity contribution in [3.05, 3.63) is 34.9 Å². The second-order valence-corrected chi connectivity index (χ2v) is 4.07. The lowest BCUT2D eigenvalue weighted by Crippen LogP contribution is -2.06. The SMILES string of the molecule is CC(=O)c1ccc(CCC(=O)C=O)c(C(C)=O)c1. The third kappa shape index (κ3) is 3.45. The van der Waals surface area contributed by atoms with Crippen LogP contribution in [-0.2, 0) is 16.0 Å². The summed E-state index contributed by atoms with van der Waals surface area (Å²) < 4.78 is 0. The Morgan fingerprint density at radius 1 is 1.11 bits per heavy atom. The zero-order chi connectivity index (χ0) is 13.7. The maximum atomic E-state index is 11.5. The molecule has 0 heterocycles. The summed E-state index contributed by atoms with van der Waals surface area (Å²) in [6.07, 6.45) is 0.672. The smallest absolute Gasteiger partial charge is 0.195 e. The fourth-order valence-electron chi connectivity index (χ4n) is 1.66. The summed E-state index contributed by atoms with van der Waals surface area (Å²) in [5, 5.41) is 0. The molecule has 0 radical (unpaired) electrons. The van der Waals surface area contributed by atoms with Gasteiger partial charge in [-0.15, -0.1) is 0 Å². The van der Waals surface area contributed by atoms with Crippen LogP contribution in [0.2, 0.25) is 0 Å². The minimum Gasteiger partial charge on any atom is -0.295 e. The molecule has 0 amide bonds. The molecule has 18 heavy (non-hydrogen) atoms. The number of aldehydes is 1. The molecule has 1 aromatic rings. The number of hydrogen-bond acceptors (Lipinski definition) is 4. The van der Waals surface area contributed by atoms with Crippen LogP contribution in [-0.4, -0.2) is 23.6 Å². The molecular formula is C14H14O4. The fourth-order valence-corrected chi connectivity index (χ4v) is 1.66. The Balaban J connectivity index is 3.04. The van der Waals surface area contributed by atoms with Gasteiger partial charge in [0.25, 0.3) is 0 Å². The van der Waals surface area contributed by atoms with E-state index in [0.29, 0.717) is 23.1 Å². The van der Waals surface area contributed by atoms with Crippen molar-refractivity contribution in [1.82, 2.24) is 0 Å². The van der Waals surface area contributed by atoms with E-state index in [1.807, 2.05) is 0 Å². The maximum Gasteiger partial charge on any atom is 0.195 e. The molecule has 0 saturated heterocycles. The van der Waals surface area contributed by atoms with E-state index in [9.17, 15) is 19.2 Å². The first-order chi connectivity index (χ1) is 8.45. The van der Waals surface area contributed by atoms with Crippen molar-refractivity contribution < 1.29 is 19.2 Å². The molecule has 0 spiro atoms. The topological polar surface area (TPSA) is 68.3 Å². The Kier molecular flexibility index (Phi) is 4.66. The first kappa shape index (κ1) is 14.0. The highest BCUT2D eigenvalue weighted by molar-refractivity contribution is 6.24.